The number of thioether (sulfide) groups is 1. The van der Waals surface area contributed by atoms with Crippen LogP contribution in [0.5, 0.6) is 0 Å². The van der Waals surface area contributed by atoms with Gasteiger partial charge in [0.1, 0.15) is 5.82 Å². The molecule has 2 heterocycles. The maximum absolute atomic E-state index is 13.9. The molecule has 0 radical (unpaired) electrons. The number of nitrogens with zero attached hydrogens (tertiary/aromatic N) is 4. The van der Waals surface area contributed by atoms with Crippen LogP contribution in [-0.4, -0.2) is 19.7 Å². The van der Waals surface area contributed by atoms with E-state index in [0.29, 0.717) is 16.3 Å². The molecule has 0 fully saturated rings. The Morgan fingerprint density at radius 3 is 2.67 bits per heavy atom. The molecule has 0 bridgehead atoms. The Labute approximate surface area is 149 Å². The minimum atomic E-state index is -0.300. The summed E-state index contributed by atoms with van der Waals surface area (Å²) in [7, 11) is 0. The zero-order valence-electron chi connectivity index (χ0n) is 13.1. The molecule has 0 saturated heterocycles. The highest BCUT2D eigenvalue weighted by molar-refractivity contribution is 7.98. The molecular weight excluding hydrogens is 347 g/mol. The van der Waals surface area contributed by atoms with Crippen molar-refractivity contribution in [2.24, 2.45) is 0 Å². The van der Waals surface area contributed by atoms with Gasteiger partial charge in [-0.2, -0.15) is 0 Å². The summed E-state index contributed by atoms with van der Waals surface area (Å²) >= 11 is 7.53. The van der Waals surface area contributed by atoms with Crippen molar-refractivity contribution in [1.82, 2.24) is 19.7 Å². The molecule has 7 heteroatoms. The summed E-state index contributed by atoms with van der Waals surface area (Å²) in [6, 6.07) is 8.52. The molecule has 24 heavy (non-hydrogen) atoms. The summed E-state index contributed by atoms with van der Waals surface area (Å²) in [5.74, 6) is 0.899. The van der Waals surface area contributed by atoms with Crippen LogP contribution in [0.25, 0.3) is 11.4 Å². The third-order valence-corrected chi connectivity index (χ3v) is 4.86. The predicted molar refractivity (Wildman–Crippen MR) is 94.5 cm³/mol. The van der Waals surface area contributed by atoms with Gasteiger partial charge in [0, 0.05) is 40.8 Å². The first-order valence-electron chi connectivity index (χ1n) is 7.60. The van der Waals surface area contributed by atoms with Crippen LogP contribution in [0.2, 0.25) is 5.02 Å². The molecule has 124 valence electrons. The predicted octanol–water partition coefficient (Wildman–Crippen LogP) is 4.83. The zero-order valence-corrected chi connectivity index (χ0v) is 14.7. The lowest BCUT2D eigenvalue weighted by Crippen LogP contribution is -2.02. The highest BCUT2D eigenvalue weighted by atomic mass is 35.5. The third kappa shape index (κ3) is 3.60. The summed E-state index contributed by atoms with van der Waals surface area (Å²) in [5.41, 5.74) is 1.45. The van der Waals surface area contributed by atoms with Gasteiger partial charge in [0.25, 0.3) is 0 Å². The van der Waals surface area contributed by atoms with Gasteiger partial charge in [0.05, 0.1) is 0 Å². The Hall–Kier alpha value is -1.92. The standard InChI is InChI=1S/C17H16ClFN4S/c1-2-10-23-16(12-6-8-20-9-7-12)21-22-17(23)24-11-13-14(18)4-3-5-15(13)19/h3-9H,2,10-11H2,1H3. The Balaban J connectivity index is 1.87. The van der Waals surface area contributed by atoms with Crippen LogP contribution in [-0.2, 0) is 12.3 Å². The molecule has 0 aliphatic heterocycles. The number of aromatic nitrogens is 4. The summed E-state index contributed by atoms with van der Waals surface area (Å²) in [6.07, 6.45) is 4.41. The average Bonchev–Trinajstić information content (AvgIpc) is 2.98. The molecule has 3 rings (SSSR count). The van der Waals surface area contributed by atoms with Gasteiger partial charge in [-0.3, -0.25) is 4.98 Å². The molecule has 0 spiro atoms. The lowest BCUT2D eigenvalue weighted by atomic mass is 10.2. The second-order valence-corrected chi connectivity index (χ2v) is 6.53. The molecule has 0 atom stereocenters. The van der Waals surface area contributed by atoms with Gasteiger partial charge < -0.3 is 4.57 Å². The highest BCUT2D eigenvalue weighted by Gasteiger charge is 2.15. The van der Waals surface area contributed by atoms with Crippen molar-refractivity contribution in [3.05, 3.63) is 59.1 Å². The largest absolute Gasteiger partial charge is 0.302 e. The SMILES string of the molecule is CCCn1c(SCc2c(F)cccc2Cl)nnc1-c1ccncc1. The Morgan fingerprint density at radius 2 is 1.96 bits per heavy atom. The first-order valence-corrected chi connectivity index (χ1v) is 8.96. The molecule has 4 nitrogen and oxygen atoms in total. The van der Waals surface area contributed by atoms with E-state index in [-0.39, 0.29) is 5.82 Å². The van der Waals surface area contributed by atoms with E-state index in [4.69, 9.17) is 11.6 Å². The molecule has 0 aliphatic rings. The molecule has 0 saturated carbocycles. The second-order valence-electron chi connectivity index (χ2n) is 5.18. The topological polar surface area (TPSA) is 43.6 Å². The van der Waals surface area contributed by atoms with Crippen molar-refractivity contribution in [2.75, 3.05) is 0 Å². The lowest BCUT2D eigenvalue weighted by molar-refractivity contribution is 0.615. The molecule has 0 N–H and O–H groups in total. The fourth-order valence-corrected chi connectivity index (χ4v) is 3.65. The van der Waals surface area contributed by atoms with Crippen LogP contribution < -0.4 is 0 Å². The van der Waals surface area contributed by atoms with Crippen LogP contribution in [0, 0.1) is 5.82 Å². The van der Waals surface area contributed by atoms with Gasteiger partial charge >= 0.3 is 0 Å². The van der Waals surface area contributed by atoms with E-state index in [0.717, 1.165) is 29.5 Å². The molecule has 0 amide bonds. The first kappa shape index (κ1) is 16.9. The van der Waals surface area contributed by atoms with E-state index in [2.05, 4.69) is 26.7 Å². The van der Waals surface area contributed by atoms with Crippen molar-refractivity contribution >= 4 is 23.4 Å². The summed E-state index contributed by atoms with van der Waals surface area (Å²) < 4.78 is 16.0. The van der Waals surface area contributed by atoms with Crippen LogP contribution in [0.1, 0.15) is 18.9 Å². The van der Waals surface area contributed by atoms with E-state index in [1.807, 2.05) is 12.1 Å². The van der Waals surface area contributed by atoms with Crippen LogP contribution in [0.4, 0.5) is 4.39 Å². The molecular formula is C17H16ClFN4S. The van der Waals surface area contributed by atoms with Crippen molar-refractivity contribution in [3.63, 3.8) is 0 Å². The smallest absolute Gasteiger partial charge is 0.191 e. The fraction of sp³-hybridized carbons (Fsp3) is 0.235. The van der Waals surface area contributed by atoms with Gasteiger partial charge in [-0.1, -0.05) is 36.4 Å². The van der Waals surface area contributed by atoms with Gasteiger partial charge in [-0.25, -0.2) is 4.39 Å². The van der Waals surface area contributed by atoms with Crippen LogP contribution in [0.15, 0.2) is 47.9 Å². The maximum Gasteiger partial charge on any atom is 0.191 e. The van der Waals surface area contributed by atoms with E-state index in [1.165, 1.54) is 17.8 Å². The van der Waals surface area contributed by atoms with Crippen molar-refractivity contribution in [2.45, 2.75) is 30.8 Å². The number of halogens is 2. The zero-order chi connectivity index (χ0) is 16.9. The quantitative estimate of drug-likeness (QED) is 0.589. The van der Waals surface area contributed by atoms with Crippen LogP contribution >= 0.6 is 23.4 Å². The fourth-order valence-electron chi connectivity index (χ4n) is 2.34. The Morgan fingerprint density at radius 1 is 1.17 bits per heavy atom. The molecule has 2 aromatic heterocycles. The average molecular weight is 363 g/mol. The minimum absolute atomic E-state index is 0.300. The number of rotatable bonds is 6. The Kier molecular flexibility index (Phi) is 5.48. The summed E-state index contributed by atoms with van der Waals surface area (Å²) in [4.78, 5) is 4.03. The van der Waals surface area contributed by atoms with E-state index in [1.54, 1.807) is 24.5 Å². The number of benzene rings is 1. The molecule has 0 unspecified atom stereocenters. The molecule has 3 aromatic rings. The van der Waals surface area contributed by atoms with Crippen LogP contribution in [0.3, 0.4) is 0 Å². The van der Waals surface area contributed by atoms with Gasteiger partial charge in [-0.05, 0) is 30.7 Å². The molecule has 0 aliphatic carbocycles. The van der Waals surface area contributed by atoms with Crippen molar-refractivity contribution < 1.29 is 4.39 Å². The second kappa shape index (κ2) is 7.77. The van der Waals surface area contributed by atoms with Crippen molar-refractivity contribution in [3.8, 4) is 11.4 Å². The maximum atomic E-state index is 13.9. The van der Waals surface area contributed by atoms with Gasteiger partial charge in [-0.15, -0.1) is 10.2 Å². The Bertz CT molecular complexity index is 802. The van der Waals surface area contributed by atoms with Gasteiger partial charge in [0.15, 0.2) is 11.0 Å². The van der Waals surface area contributed by atoms with Gasteiger partial charge in [0.2, 0.25) is 0 Å². The monoisotopic (exact) mass is 362 g/mol. The van der Waals surface area contributed by atoms with E-state index < -0.39 is 0 Å². The molecule has 1 aromatic carbocycles. The first-order chi connectivity index (χ1) is 11.7. The summed E-state index contributed by atoms with van der Waals surface area (Å²) in [5, 5.41) is 9.76. The van der Waals surface area contributed by atoms with E-state index >= 15 is 0 Å². The normalized spacial score (nSPS) is 11.0. The lowest BCUT2D eigenvalue weighted by Gasteiger charge is -2.09. The van der Waals surface area contributed by atoms with Crippen molar-refractivity contribution in [1.29, 1.82) is 0 Å². The summed E-state index contributed by atoms with van der Waals surface area (Å²) in [6.45, 7) is 2.89. The number of hydrogen-bond acceptors (Lipinski definition) is 4. The third-order valence-electron chi connectivity index (χ3n) is 3.51. The number of pyridine rings is 1. The van der Waals surface area contributed by atoms with E-state index in [9.17, 15) is 4.39 Å². The highest BCUT2D eigenvalue weighted by Crippen LogP contribution is 2.30. The minimum Gasteiger partial charge on any atom is -0.302 e. The number of hydrogen-bond donors (Lipinski definition) is 0.